The molecule has 12 aromatic rings. The number of rotatable bonds is 6. The number of benzene rings is 9. The molecule has 0 spiro atoms. The standard InChI is InChI=1S/C62H42N4O/c1-3-15-59-39(2)47-23-14-25-50(61(47)67-59)43-34-35-55-44(36-43)32-33-45-37-58-53(51-21-10-12-27-56(51)65(58)46-18-5-4-6-19-46)38-57(45)66(55)62-63-54-26-11-9-22-52(54)60(64-62)42-30-28-41(29-31-42)49-24-13-17-40-16-7-8-20-48(40)49/h3-38H,1-2H3. The molecule has 1 aliphatic rings. The molecular weight excluding hydrogens is 817 g/mol. The van der Waals surface area contributed by atoms with Crippen LogP contribution in [0.5, 0.6) is 0 Å². The lowest BCUT2D eigenvalue weighted by atomic mass is 9.96. The molecule has 0 atom stereocenters. The first-order valence-electron chi connectivity index (χ1n) is 22.8. The van der Waals surface area contributed by atoms with Crippen molar-refractivity contribution in [3.63, 3.8) is 0 Å². The molecule has 3 aromatic heterocycles. The normalized spacial score (nSPS) is 12.5. The van der Waals surface area contributed by atoms with E-state index >= 15 is 0 Å². The smallest absolute Gasteiger partial charge is 0.235 e. The minimum atomic E-state index is 0.594. The number of hydrogen-bond acceptors (Lipinski definition) is 4. The lowest BCUT2D eigenvalue weighted by molar-refractivity contribution is 0.602. The molecule has 0 radical (unpaired) electrons. The second-order valence-corrected chi connectivity index (χ2v) is 17.3. The Morgan fingerprint density at radius 3 is 2.01 bits per heavy atom. The maximum absolute atomic E-state index is 6.56. The fraction of sp³-hybridized carbons (Fsp3) is 0.0323. The Morgan fingerprint density at radius 1 is 0.493 bits per heavy atom. The van der Waals surface area contributed by atoms with Gasteiger partial charge in [-0.3, -0.25) is 4.90 Å². The molecule has 1 aliphatic heterocycles. The van der Waals surface area contributed by atoms with E-state index < -0.39 is 0 Å². The topological polar surface area (TPSA) is 47.1 Å². The average molecular weight is 859 g/mol. The van der Waals surface area contributed by atoms with Crippen molar-refractivity contribution in [3.8, 4) is 39.2 Å². The van der Waals surface area contributed by atoms with E-state index in [4.69, 9.17) is 14.4 Å². The first-order chi connectivity index (χ1) is 33.1. The molecule has 13 rings (SSSR count). The average Bonchev–Trinajstić information content (AvgIpc) is 3.82. The minimum absolute atomic E-state index is 0.594. The number of allylic oxidation sites excluding steroid dienone is 1. The van der Waals surface area contributed by atoms with Crippen molar-refractivity contribution in [1.82, 2.24) is 14.5 Å². The molecular formula is C62H42N4O. The van der Waals surface area contributed by atoms with Crippen molar-refractivity contribution in [2.24, 2.45) is 0 Å². The van der Waals surface area contributed by atoms with Gasteiger partial charge in [0, 0.05) is 49.5 Å². The van der Waals surface area contributed by atoms with Gasteiger partial charge in [0.25, 0.3) is 0 Å². The molecule has 0 bridgehead atoms. The number of para-hydroxylation sites is 4. The summed E-state index contributed by atoms with van der Waals surface area (Å²) >= 11 is 0. The van der Waals surface area contributed by atoms with Crippen molar-refractivity contribution < 1.29 is 4.42 Å². The molecule has 9 aromatic carbocycles. The Labute approximate surface area is 387 Å². The molecule has 0 saturated heterocycles. The van der Waals surface area contributed by atoms with Crippen LogP contribution in [-0.4, -0.2) is 14.5 Å². The first-order valence-corrected chi connectivity index (χ1v) is 22.8. The number of anilines is 3. The van der Waals surface area contributed by atoms with Gasteiger partial charge in [-0.1, -0.05) is 164 Å². The highest BCUT2D eigenvalue weighted by atomic mass is 16.3. The Kier molecular flexibility index (Phi) is 8.90. The van der Waals surface area contributed by atoms with Crippen molar-refractivity contribution in [2.75, 3.05) is 4.90 Å². The molecule has 5 nitrogen and oxygen atoms in total. The second-order valence-electron chi connectivity index (χ2n) is 17.3. The maximum Gasteiger partial charge on any atom is 0.235 e. The van der Waals surface area contributed by atoms with Crippen LogP contribution < -0.4 is 4.90 Å². The van der Waals surface area contributed by atoms with Gasteiger partial charge in [0.15, 0.2) is 0 Å². The third-order valence-electron chi connectivity index (χ3n) is 13.5. The summed E-state index contributed by atoms with van der Waals surface area (Å²) in [6.45, 7) is 4.15. The third-order valence-corrected chi connectivity index (χ3v) is 13.5. The summed E-state index contributed by atoms with van der Waals surface area (Å²) in [6, 6.07) is 69.4. The molecule has 316 valence electrons. The summed E-state index contributed by atoms with van der Waals surface area (Å²) in [5.41, 5.74) is 16.8. The quantitative estimate of drug-likeness (QED) is 0.167. The van der Waals surface area contributed by atoms with E-state index in [0.29, 0.717) is 5.95 Å². The molecule has 0 unspecified atom stereocenters. The van der Waals surface area contributed by atoms with Crippen LogP contribution >= 0.6 is 0 Å². The van der Waals surface area contributed by atoms with Crippen LogP contribution in [0, 0.1) is 6.92 Å². The van der Waals surface area contributed by atoms with Crippen LogP contribution in [0.4, 0.5) is 17.3 Å². The SMILES string of the molecule is CC=Cc1oc2c(-c3ccc4c(c3)C=Cc3cc5c(cc3N4c3nc(-c4ccc(-c6cccc7ccccc67)cc4)c4ccccc4n3)c3ccccc3n5-c3ccccc3)cccc2c1C. The van der Waals surface area contributed by atoms with Crippen LogP contribution in [0.1, 0.15) is 29.4 Å². The summed E-state index contributed by atoms with van der Waals surface area (Å²) in [4.78, 5) is 13.3. The molecule has 0 amide bonds. The predicted molar refractivity (Wildman–Crippen MR) is 281 cm³/mol. The first kappa shape index (κ1) is 38.6. The highest BCUT2D eigenvalue weighted by Gasteiger charge is 2.27. The van der Waals surface area contributed by atoms with E-state index in [1.807, 2.05) is 19.1 Å². The number of nitrogens with zero attached hydrogens (tertiary/aromatic N) is 4. The molecule has 0 saturated carbocycles. The number of furan rings is 1. The highest BCUT2D eigenvalue weighted by molar-refractivity contribution is 6.13. The zero-order valence-electron chi connectivity index (χ0n) is 37.0. The monoisotopic (exact) mass is 858 g/mol. The minimum Gasteiger partial charge on any atom is -0.456 e. The van der Waals surface area contributed by atoms with E-state index in [1.165, 1.54) is 21.7 Å². The fourth-order valence-electron chi connectivity index (χ4n) is 10.3. The van der Waals surface area contributed by atoms with Gasteiger partial charge in [0.05, 0.1) is 33.6 Å². The summed E-state index contributed by atoms with van der Waals surface area (Å²) in [6.07, 6.45) is 8.56. The van der Waals surface area contributed by atoms with Gasteiger partial charge in [-0.05, 0) is 101 Å². The van der Waals surface area contributed by atoms with Crippen molar-refractivity contribution >= 4 is 90.0 Å². The van der Waals surface area contributed by atoms with Crippen LogP contribution in [0.3, 0.4) is 0 Å². The number of fused-ring (bicyclic) bond motifs is 8. The molecule has 0 aliphatic carbocycles. The number of hydrogen-bond donors (Lipinski definition) is 0. The van der Waals surface area contributed by atoms with Crippen molar-refractivity contribution in [2.45, 2.75) is 13.8 Å². The summed E-state index contributed by atoms with van der Waals surface area (Å²) in [5.74, 6) is 1.48. The Balaban J connectivity index is 1.04. The lowest BCUT2D eigenvalue weighted by Crippen LogP contribution is -2.15. The van der Waals surface area contributed by atoms with E-state index in [2.05, 4.69) is 223 Å². The van der Waals surface area contributed by atoms with Crippen LogP contribution in [0.25, 0.3) is 112 Å². The van der Waals surface area contributed by atoms with Crippen LogP contribution in [0.15, 0.2) is 205 Å². The third kappa shape index (κ3) is 6.23. The zero-order chi connectivity index (χ0) is 44.6. The van der Waals surface area contributed by atoms with E-state index in [0.717, 1.165) is 106 Å². The van der Waals surface area contributed by atoms with Gasteiger partial charge < -0.3 is 8.98 Å². The van der Waals surface area contributed by atoms with Gasteiger partial charge in [0.2, 0.25) is 5.95 Å². The van der Waals surface area contributed by atoms with Gasteiger partial charge in [-0.25, -0.2) is 9.97 Å². The molecule has 0 N–H and O–H groups in total. The Morgan fingerprint density at radius 2 is 1.16 bits per heavy atom. The molecule has 4 heterocycles. The molecule has 5 heteroatoms. The van der Waals surface area contributed by atoms with Gasteiger partial charge >= 0.3 is 0 Å². The van der Waals surface area contributed by atoms with E-state index in [9.17, 15) is 0 Å². The molecule has 67 heavy (non-hydrogen) atoms. The maximum atomic E-state index is 6.56. The lowest BCUT2D eigenvalue weighted by Gasteiger charge is -2.26. The predicted octanol–water partition coefficient (Wildman–Crippen LogP) is 16.9. The largest absolute Gasteiger partial charge is 0.456 e. The summed E-state index contributed by atoms with van der Waals surface area (Å²) in [5, 5.41) is 6.90. The van der Waals surface area contributed by atoms with E-state index in [1.54, 1.807) is 0 Å². The summed E-state index contributed by atoms with van der Waals surface area (Å²) in [7, 11) is 0. The second kappa shape index (κ2) is 15.4. The number of aryl methyl sites for hydroxylation is 1. The Hall–Kier alpha value is -8.80. The van der Waals surface area contributed by atoms with Crippen LogP contribution in [-0.2, 0) is 0 Å². The molecule has 0 fully saturated rings. The van der Waals surface area contributed by atoms with Gasteiger partial charge in [-0.15, -0.1) is 0 Å². The summed E-state index contributed by atoms with van der Waals surface area (Å²) < 4.78 is 8.94. The van der Waals surface area contributed by atoms with E-state index in [-0.39, 0.29) is 0 Å². The number of aromatic nitrogens is 3. The zero-order valence-corrected chi connectivity index (χ0v) is 37.0. The van der Waals surface area contributed by atoms with Crippen molar-refractivity contribution in [3.05, 3.63) is 223 Å². The Bertz CT molecular complexity index is 4000. The van der Waals surface area contributed by atoms with Gasteiger partial charge in [0.1, 0.15) is 11.3 Å². The fourth-order valence-corrected chi connectivity index (χ4v) is 10.3. The van der Waals surface area contributed by atoms with Crippen molar-refractivity contribution in [1.29, 1.82) is 0 Å². The highest BCUT2D eigenvalue weighted by Crippen LogP contribution is 2.47. The van der Waals surface area contributed by atoms with Crippen LogP contribution in [0.2, 0.25) is 0 Å². The van der Waals surface area contributed by atoms with Gasteiger partial charge in [-0.2, -0.15) is 0 Å².